The van der Waals surface area contributed by atoms with Crippen LogP contribution in [0, 0.1) is 0 Å². The van der Waals surface area contributed by atoms with E-state index in [0.717, 1.165) is 12.4 Å². The van der Waals surface area contributed by atoms with E-state index in [1.807, 2.05) is 0 Å². The molecular weight excluding hydrogens is 268 g/mol. The standard InChI is InChI=1S/C11H8N4O5/c16-8(17)5-1-6(9(18)19)3-7(2-5)14-10-12-4-13-11(20)15-10/h1-4H,(H,16,17)(H,18,19)(H2,12,13,14,15,20). The second kappa shape index (κ2) is 5.18. The molecule has 4 N–H and O–H groups in total. The van der Waals surface area contributed by atoms with Crippen molar-refractivity contribution in [3.63, 3.8) is 0 Å². The van der Waals surface area contributed by atoms with Crippen LogP contribution in [0.25, 0.3) is 0 Å². The first-order valence-corrected chi connectivity index (χ1v) is 5.26. The summed E-state index contributed by atoms with van der Waals surface area (Å²) in [4.78, 5) is 42.2. The number of rotatable bonds is 4. The normalized spacial score (nSPS) is 10.0. The number of H-pyrrole nitrogens is 1. The summed E-state index contributed by atoms with van der Waals surface area (Å²) in [7, 11) is 0. The van der Waals surface area contributed by atoms with Crippen LogP contribution in [-0.4, -0.2) is 37.1 Å². The number of aromatic amines is 1. The molecule has 2 rings (SSSR count). The smallest absolute Gasteiger partial charge is 0.349 e. The van der Waals surface area contributed by atoms with E-state index in [9.17, 15) is 14.4 Å². The number of nitrogens with zero attached hydrogens (tertiary/aromatic N) is 2. The second-order valence-corrected chi connectivity index (χ2v) is 3.69. The number of anilines is 2. The zero-order valence-electron chi connectivity index (χ0n) is 9.82. The average molecular weight is 276 g/mol. The minimum Gasteiger partial charge on any atom is -0.478 e. The highest BCUT2D eigenvalue weighted by atomic mass is 16.4. The van der Waals surface area contributed by atoms with Crippen LogP contribution in [0.4, 0.5) is 11.6 Å². The Morgan fingerprint density at radius 1 is 1.05 bits per heavy atom. The van der Waals surface area contributed by atoms with E-state index in [0.29, 0.717) is 0 Å². The van der Waals surface area contributed by atoms with Gasteiger partial charge in [0.05, 0.1) is 11.1 Å². The highest BCUT2D eigenvalue weighted by Gasteiger charge is 2.11. The lowest BCUT2D eigenvalue weighted by Gasteiger charge is -2.07. The van der Waals surface area contributed by atoms with Crippen LogP contribution >= 0.6 is 0 Å². The fourth-order valence-corrected chi connectivity index (χ4v) is 1.45. The van der Waals surface area contributed by atoms with Crippen molar-refractivity contribution < 1.29 is 19.8 Å². The molecule has 0 saturated heterocycles. The first-order valence-electron chi connectivity index (χ1n) is 5.26. The highest BCUT2D eigenvalue weighted by Crippen LogP contribution is 2.17. The van der Waals surface area contributed by atoms with Crippen LogP contribution in [0.3, 0.4) is 0 Å². The minimum absolute atomic E-state index is 0.0175. The van der Waals surface area contributed by atoms with Crippen LogP contribution in [0.1, 0.15) is 20.7 Å². The Bertz CT molecular complexity index is 707. The summed E-state index contributed by atoms with van der Waals surface area (Å²) in [5.74, 6) is -2.52. The van der Waals surface area contributed by atoms with Crippen molar-refractivity contribution in [3.05, 3.63) is 46.1 Å². The molecule has 9 nitrogen and oxygen atoms in total. The molecule has 0 unspecified atom stereocenters. The number of hydrogen-bond acceptors (Lipinski definition) is 6. The third-order valence-corrected chi connectivity index (χ3v) is 2.28. The van der Waals surface area contributed by atoms with Gasteiger partial charge in [0.25, 0.3) is 0 Å². The molecule has 2 aromatic rings. The van der Waals surface area contributed by atoms with Gasteiger partial charge in [-0.25, -0.2) is 19.4 Å². The molecule has 1 heterocycles. The Balaban J connectivity index is 2.43. The number of aromatic nitrogens is 3. The predicted octanol–water partition coefficient (Wildman–Crippen LogP) is 0.305. The monoisotopic (exact) mass is 276 g/mol. The fraction of sp³-hybridized carbons (Fsp3) is 0. The number of carboxylic acid groups (broad SMARTS) is 2. The Kier molecular flexibility index (Phi) is 3.42. The van der Waals surface area contributed by atoms with Crippen LogP contribution in [-0.2, 0) is 0 Å². The minimum atomic E-state index is -1.27. The molecule has 20 heavy (non-hydrogen) atoms. The molecule has 1 aromatic carbocycles. The molecule has 0 amide bonds. The van der Waals surface area contributed by atoms with E-state index < -0.39 is 17.6 Å². The first kappa shape index (κ1) is 13.2. The molecule has 0 aliphatic rings. The topological polar surface area (TPSA) is 145 Å². The summed E-state index contributed by atoms with van der Waals surface area (Å²) in [6.45, 7) is 0. The van der Waals surface area contributed by atoms with Crippen LogP contribution in [0.5, 0.6) is 0 Å². The van der Waals surface area contributed by atoms with Gasteiger partial charge in [0.1, 0.15) is 6.33 Å². The lowest BCUT2D eigenvalue weighted by Crippen LogP contribution is -2.13. The van der Waals surface area contributed by atoms with Crippen molar-refractivity contribution >= 4 is 23.6 Å². The van der Waals surface area contributed by atoms with E-state index in [1.165, 1.54) is 12.1 Å². The molecule has 0 fully saturated rings. The van der Waals surface area contributed by atoms with Crippen molar-refractivity contribution in [2.24, 2.45) is 0 Å². The van der Waals surface area contributed by atoms with Crippen molar-refractivity contribution in [2.75, 3.05) is 5.32 Å². The highest BCUT2D eigenvalue weighted by molar-refractivity contribution is 5.95. The van der Waals surface area contributed by atoms with E-state index >= 15 is 0 Å². The molecule has 0 aliphatic heterocycles. The number of aromatic carboxylic acids is 2. The lowest BCUT2D eigenvalue weighted by molar-refractivity contribution is 0.0696. The Labute approximate surface area is 111 Å². The Hall–Kier alpha value is -3.23. The van der Waals surface area contributed by atoms with Gasteiger partial charge in [-0.05, 0) is 18.2 Å². The molecule has 1 aromatic heterocycles. The molecule has 0 atom stereocenters. The first-order chi connectivity index (χ1) is 9.45. The van der Waals surface area contributed by atoms with Gasteiger partial charge in [-0.3, -0.25) is 4.98 Å². The molecule has 0 radical (unpaired) electrons. The molecular formula is C11H8N4O5. The van der Waals surface area contributed by atoms with Crippen molar-refractivity contribution in [2.45, 2.75) is 0 Å². The largest absolute Gasteiger partial charge is 0.478 e. The quantitative estimate of drug-likeness (QED) is 0.624. The Morgan fingerprint density at radius 2 is 1.65 bits per heavy atom. The summed E-state index contributed by atoms with van der Waals surface area (Å²) in [6.07, 6.45) is 1.01. The van der Waals surface area contributed by atoms with Crippen molar-refractivity contribution in [1.82, 2.24) is 15.0 Å². The number of hydrogen-bond donors (Lipinski definition) is 4. The molecule has 102 valence electrons. The number of carboxylic acids is 2. The van der Waals surface area contributed by atoms with E-state index in [4.69, 9.17) is 10.2 Å². The van der Waals surface area contributed by atoms with E-state index in [2.05, 4.69) is 20.3 Å². The lowest BCUT2D eigenvalue weighted by atomic mass is 10.1. The van der Waals surface area contributed by atoms with Gasteiger partial charge in [-0.1, -0.05) is 0 Å². The van der Waals surface area contributed by atoms with Gasteiger partial charge < -0.3 is 15.5 Å². The second-order valence-electron chi connectivity index (χ2n) is 3.69. The van der Waals surface area contributed by atoms with Gasteiger partial charge in [0.15, 0.2) is 0 Å². The molecule has 0 aliphatic carbocycles. The SMILES string of the molecule is O=C(O)c1cc(Nc2ncnc(=O)[nH]2)cc(C(=O)O)c1. The van der Waals surface area contributed by atoms with E-state index in [1.54, 1.807) is 0 Å². The summed E-state index contributed by atoms with van der Waals surface area (Å²) in [6, 6.07) is 3.46. The van der Waals surface area contributed by atoms with Crippen LogP contribution in [0.15, 0.2) is 29.3 Å². The molecule has 9 heteroatoms. The van der Waals surface area contributed by atoms with Crippen molar-refractivity contribution in [3.8, 4) is 0 Å². The van der Waals surface area contributed by atoms with Gasteiger partial charge in [0, 0.05) is 5.69 Å². The number of nitrogens with one attached hydrogen (secondary N) is 2. The molecule has 0 spiro atoms. The number of benzene rings is 1. The zero-order chi connectivity index (χ0) is 14.7. The van der Waals surface area contributed by atoms with Gasteiger partial charge >= 0.3 is 17.6 Å². The zero-order valence-corrected chi connectivity index (χ0v) is 9.82. The third kappa shape index (κ3) is 2.96. The summed E-state index contributed by atoms with van der Waals surface area (Å²) in [5.41, 5.74) is -0.889. The predicted molar refractivity (Wildman–Crippen MR) is 66.3 cm³/mol. The number of carbonyl (C=O) groups is 2. The average Bonchev–Trinajstić information content (AvgIpc) is 2.38. The van der Waals surface area contributed by atoms with Crippen LogP contribution in [0.2, 0.25) is 0 Å². The maximum atomic E-state index is 11.0. The maximum absolute atomic E-state index is 11.0. The van der Waals surface area contributed by atoms with Gasteiger partial charge in [0.2, 0.25) is 5.95 Å². The fourth-order valence-electron chi connectivity index (χ4n) is 1.45. The van der Waals surface area contributed by atoms with Crippen LogP contribution < -0.4 is 11.0 Å². The Morgan fingerprint density at radius 3 is 2.15 bits per heavy atom. The molecule has 0 bridgehead atoms. The summed E-state index contributed by atoms with van der Waals surface area (Å²) >= 11 is 0. The maximum Gasteiger partial charge on any atom is 0.349 e. The molecule has 0 saturated carbocycles. The van der Waals surface area contributed by atoms with Gasteiger partial charge in [-0.15, -0.1) is 0 Å². The van der Waals surface area contributed by atoms with Gasteiger partial charge in [-0.2, -0.15) is 4.98 Å². The van der Waals surface area contributed by atoms with E-state index in [-0.39, 0.29) is 22.8 Å². The summed E-state index contributed by atoms with van der Waals surface area (Å²) in [5, 5.41) is 20.4. The third-order valence-electron chi connectivity index (χ3n) is 2.28. The summed E-state index contributed by atoms with van der Waals surface area (Å²) < 4.78 is 0. The van der Waals surface area contributed by atoms with Crippen molar-refractivity contribution in [1.29, 1.82) is 0 Å².